The van der Waals surface area contributed by atoms with Gasteiger partial charge in [-0.2, -0.15) is 0 Å². The summed E-state index contributed by atoms with van der Waals surface area (Å²) in [6, 6.07) is 20.0. The Kier molecular flexibility index (Phi) is 3.69. The summed E-state index contributed by atoms with van der Waals surface area (Å²) in [5, 5.41) is 0. The highest BCUT2D eigenvalue weighted by atomic mass is 16.2. The fraction of sp³-hybridized carbons (Fsp3) is 0.105. The molecule has 0 aliphatic carbocycles. The quantitative estimate of drug-likeness (QED) is 0.607. The van der Waals surface area contributed by atoms with Crippen molar-refractivity contribution in [1.82, 2.24) is 0 Å². The van der Waals surface area contributed by atoms with Crippen LogP contribution < -0.4 is 4.90 Å². The number of benzene rings is 2. The fourth-order valence-electron chi connectivity index (χ4n) is 2.78. The zero-order chi connectivity index (χ0) is 14.7. The van der Waals surface area contributed by atoms with Crippen LogP contribution in [0.25, 0.3) is 0 Å². The largest absolute Gasteiger partial charge is 0.303 e. The zero-order valence-corrected chi connectivity index (χ0v) is 11.7. The lowest BCUT2D eigenvalue weighted by molar-refractivity contribution is -0.128. The third kappa shape index (κ3) is 2.40. The average Bonchev–Trinajstić information content (AvgIpc) is 2.54. The van der Waals surface area contributed by atoms with Gasteiger partial charge in [-0.15, -0.1) is 0 Å². The third-order valence-electron chi connectivity index (χ3n) is 3.77. The first kappa shape index (κ1) is 13.4. The average molecular weight is 275 g/mol. The molecule has 2 aromatic carbocycles. The fourth-order valence-corrected chi connectivity index (χ4v) is 2.78. The van der Waals surface area contributed by atoms with Gasteiger partial charge in [-0.1, -0.05) is 73.3 Å². The van der Waals surface area contributed by atoms with Gasteiger partial charge in [0.1, 0.15) is 0 Å². The Hall–Kier alpha value is -2.61. The molecule has 1 saturated heterocycles. The van der Waals surface area contributed by atoms with Gasteiger partial charge < -0.3 is 4.90 Å². The maximum Gasteiger partial charge on any atom is 0.236 e. The molecule has 1 fully saturated rings. The molecular weight excluding hydrogens is 258 g/mol. The Morgan fingerprint density at radius 3 is 2.19 bits per heavy atom. The number of amides is 1. The molecule has 1 amide bonds. The van der Waals surface area contributed by atoms with E-state index < -0.39 is 0 Å². The highest BCUT2D eigenvalue weighted by Crippen LogP contribution is 2.43. The maximum absolute atomic E-state index is 12.5. The van der Waals surface area contributed by atoms with Crippen molar-refractivity contribution in [1.29, 1.82) is 0 Å². The van der Waals surface area contributed by atoms with Crippen LogP contribution in [0.1, 0.15) is 11.6 Å². The van der Waals surface area contributed by atoms with E-state index in [1.54, 1.807) is 6.08 Å². The van der Waals surface area contributed by atoms with Gasteiger partial charge in [0.15, 0.2) is 0 Å². The highest BCUT2D eigenvalue weighted by Gasteiger charge is 2.47. The molecule has 2 aromatic rings. The summed E-state index contributed by atoms with van der Waals surface area (Å²) in [6.45, 7) is 3.68. The summed E-state index contributed by atoms with van der Waals surface area (Å²) >= 11 is 0. The molecule has 2 unspecified atom stereocenters. The summed E-state index contributed by atoms with van der Waals surface area (Å²) in [5.74, 6) is 0.0127. The number of carbonyl (C=O) groups excluding carboxylic acids is 1. The van der Waals surface area contributed by atoms with Gasteiger partial charge in [-0.25, -0.2) is 0 Å². The van der Waals surface area contributed by atoms with Crippen molar-refractivity contribution in [2.24, 2.45) is 5.92 Å². The van der Waals surface area contributed by atoms with Crippen LogP contribution >= 0.6 is 0 Å². The van der Waals surface area contributed by atoms with Crippen LogP contribution in [0.15, 0.2) is 85.5 Å². The Bertz CT molecular complexity index is 660. The minimum absolute atomic E-state index is 0.0531. The molecular formula is C19H17NO. The predicted molar refractivity (Wildman–Crippen MR) is 85.9 cm³/mol. The number of rotatable bonds is 4. The van der Waals surface area contributed by atoms with Crippen molar-refractivity contribution in [2.75, 3.05) is 4.90 Å². The van der Waals surface area contributed by atoms with E-state index in [-0.39, 0.29) is 17.9 Å². The molecule has 3 rings (SSSR count). The lowest BCUT2D eigenvalue weighted by Gasteiger charge is -2.46. The molecule has 1 aliphatic heterocycles. The van der Waals surface area contributed by atoms with Gasteiger partial charge in [0.2, 0.25) is 5.91 Å². The summed E-state index contributed by atoms with van der Waals surface area (Å²) in [5.41, 5.74) is 2.10. The number of allylic oxidation sites excluding steroid dienone is 2. The van der Waals surface area contributed by atoms with Gasteiger partial charge in [-0.05, 0) is 17.7 Å². The summed E-state index contributed by atoms with van der Waals surface area (Å²) in [4.78, 5) is 14.4. The van der Waals surface area contributed by atoms with Gasteiger partial charge >= 0.3 is 0 Å². The van der Waals surface area contributed by atoms with E-state index in [4.69, 9.17) is 0 Å². The van der Waals surface area contributed by atoms with Crippen LogP contribution in [0.2, 0.25) is 0 Å². The Balaban J connectivity index is 1.98. The summed E-state index contributed by atoms with van der Waals surface area (Å²) in [7, 11) is 0. The first-order valence-electron chi connectivity index (χ1n) is 7.05. The second-order valence-electron chi connectivity index (χ2n) is 5.05. The molecule has 0 N–H and O–H groups in total. The van der Waals surface area contributed by atoms with E-state index in [0.717, 1.165) is 11.3 Å². The van der Waals surface area contributed by atoms with Crippen molar-refractivity contribution in [2.45, 2.75) is 6.04 Å². The molecule has 1 aliphatic rings. The standard InChI is InChI=1S/C19H17NO/c1-2-3-14-17-18(15-10-6-4-7-11-15)20(19(17)21)16-12-8-5-9-13-16/h2-14,17-18H,1H2/b14-3+. The summed E-state index contributed by atoms with van der Waals surface area (Å²) < 4.78 is 0. The minimum Gasteiger partial charge on any atom is -0.303 e. The van der Waals surface area contributed by atoms with Gasteiger partial charge in [0.05, 0.1) is 12.0 Å². The molecule has 2 nitrogen and oxygen atoms in total. The molecule has 104 valence electrons. The van der Waals surface area contributed by atoms with E-state index in [9.17, 15) is 4.79 Å². The van der Waals surface area contributed by atoms with Crippen molar-refractivity contribution in [3.63, 3.8) is 0 Å². The number of para-hydroxylation sites is 1. The van der Waals surface area contributed by atoms with Crippen molar-refractivity contribution >= 4 is 11.6 Å². The SMILES string of the molecule is C=C/C=C/C1C(=O)N(c2ccccc2)C1c1ccccc1. The molecule has 0 aromatic heterocycles. The lowest BCUT2D eigenvalue weighted by atomic mass is 9.81. The van der Waals surface area contributed by atoms with Crippen molar-refractivity contribution < 1.29 is 4.79 Å². The van der Waals surface area contributed by atoms with Crippen LogP contribution in [0.3, 0.4) is 0 Å². The number of nitrogens with zero attached hydrogens (tertiary/aromatic N) is 1. The molecule has 0 radical (unpaired) electrons. The van der Waals surface area contributed by atoms with Gasteiger partial charge in [0.25, 0.3) is 0 Å². The maximum atomic E-state index is 12.5. The second kappa shape index (κ2) is 5.80. The second-order valence-corrected chi connectivity index (χ2v) is 5.05. The van der Waals surface area contributed by atoms with E-state index >= 15 is 0 Å². The minimum atomic E-state index is -0.120. The van der Waals surface area contributed by atoms with Crippen LogP contribution in [-0.4, -0.2) is 5.91 Å². The highest BCUT2D eigenvalue weighted by molar-refractivity contribution is 6.04. The van der Waals surface area contributed by atoms with E-state index in [0.29, 0.717) is 0 Å². The topological polar surface area (TPSA) is 20.3 Å². The molecule has 0 spiro atoms. The molecule has 21 heavy (non-hydrogen) atoms. The Labute approximate surface area is 125 Å². The van der Waals surface area contributed by atoms with Crippen molar-refractivity contribution in [3.8, 4) is 0 Å². The van der Waals surface area contributed by atoms with Crippen LogP contribution in [-0.2, 0) is 4.79 Å². The first-order chi connectivity index (χ1) is 10.3. The number of β-lactam (4-membered cyclic amide) rings is 1. The lowest BCUT2D eigenvalue weighted by Crippen LogP contribution is -2.54. The van der Waals surface area contributed by atoms with Crippen molar-refractivity contribution in [3.05, 3.63) is 91.0 Å². The third-order valence-corrected chi connectivity index (χ3v) is 3.77. The number of hydrogen-bond acceptors (Lipinski definition) is 1. The Morgan fingerprint density at radius 1 is 0.952 bits per heavy atom. The number of carbonyl (C=O) groups is 1. The summed E-state index contributed by atoms with van der Waals surface area (Å²) in [6.07, 6.45) is 5.49. The molecule has 0 bridgehead atoms. The van der Waals surface area contributed by atoms with E-state index in [1.807, 2.05) is 65.6 Å². The Morgan fingerprint density at radius 2 is 1.57 bits per heavy atom. The van der Waals surface area contributed by atoms with Gasteiger partial charge in [-0.3, -0.25) is 4.79 Å². The van der Waals surface area contributed by atoms with Crippen LogP contribution in [0, 0.1) is 5.92 Å². The molecule has 1 heterocycles. The normalized spacial score (nSPS) is 21.3. The monoisotopic (exact) mass is 275 g/mol. The molecule has 0 saturated carbocycles. The van der Waals surface area contributed by atoms with E-state index in [2.05, 4.69) is 18.7 Å². The predicted octanol–water partition coefficient (Wildman–Crippen LogP) is 4.13. The molecule has 2 atom stereocenters. The van der Waals surface area contributed by atoms with E-state index in [1.165, 1.54) is 0 Å². The zero-order valence-electron chi connectivity index (χ0n) is 11.7. The van der Waals surface area contributed by atoms with Crippen LogP contribution in [0.5, 0.6) is 0 Å². The first-order valence-corrected chi connectivity index (χ1v) is 7.05. The smallest absolute Gasteiger partial charge is 0.236 e. The van der Waals surface area contributed by atoms with Crippen LogP contribution in [0.4, 0.5) is 5.69 Å². The number of anilines is 1. The number of hydrogen-bond donors (Lipinski definition) is 0. The molecule has 2 heteroatoms. The van der Waals surface area contributed by atoms with Gasteiger partial charge in [0, 0.05) is 5.69 Å².